The van der Waals surface area contributed by atoms with Gasteiger partial charge in [-0.3, -0.25) is 9.59 Å². The summed E-state index contributed by atoms with van der Waals surface area (Å²) in [5.41, 5.74) is 0.451. The fraction of sp³-hybridized carbons (Fsp3) is 0.333. The number of aromatic nitrogens is 1. The van der Waals surface area contributed by atoms with E-state index in [1.54, 1.807) is 12.1 Å². The Bertz CT molecular complexity index is 718. The minimum atomic E-state index is -0.939. The van der Waals surface area contributed by atoms with Crippen molar-refractivity contribution >= 4 is 11.9 Å². The molecular weight excluding hydrogens is 308 g/mol. The second kappa shape index (κ2) is 6.88. The lowest BCUT2D eigenvalue weighted by atomic mass is 9.80. The lowest BCUT2D eigenvalue weighted by Gasteiger charge is -2.33. The highest BCUT2D eigenvalue weighted by Crippen LogP contribution is 2.30. The van der Waals surface area contributed by atoms with Crippen LogP contribution in [0.15, 0.2) is 48.8 Å². The minimum Gasteiger partial charge on any atom is -0.481 e. The number of hydrogen-bond donors (Lipinski definition) is 2. The van der Waals surface area contributed by atoms with Gasteiger partial charge in [-0.15, -0.1) is 0 Å². The quantitative estimate of drug-likeness (QED) is 0.881. The number of nitrogens with one attached hydrogen (secondary N) is 1. The van der Waals surface area contributed by atoms with Crippen LogP contribution in [-0.4, -0.2) is 41.3 Å². The van der Waals surface area contributed by atoms with E-state index in [4.69, 9.17) is 4.74 Å². The molecule has 2 N–H and O–H groups in total. The Balaban J connectivity index is 1.71. The van der Waals surface area contributed by atoms with Crippen molar-refractivity contribution in [2.45, 2.75) is 12.8 Å². The zero-order chi connectivity index (χ0) is 17.0. The Labute approximate surface area is 140 Å². The molecule has 0 saturated carbocycles. The fourth-order valence-corrected chi connectivity index (χ4v) is 2.89. The van der Waals surface area contributed by atoms with E-state index in [1.165, 1.54) is 0 Å². The van der Waals surface area contributed by atoms with Crippen LogP contribution in [0.25, 0.3) is 5.69 Å². The maximum atomic E-state index is 12.4. The van der Waals surface area contributed by atoms with Gasteiger partial charge in [-0.2, -0.15) is 0 Å². The second-order valence-electron chi connectivity index (χ2n) is 6.02. The Kier molecular flexibility index (Phi) is 4.66. The molecule has 0 atom stereocenters. The fourth-order valence-electron chi connectivity index (χ4n) is 2.89. The molecule has 1 aromatic carbocycles. The Morgan fingerprint density at radius 2 is 1.88 bits per heavy atom. The van der Waals surface area contributed by atoms with Gasteiger partial charge in [0, 0.05) is 43.4 Å². The molecule has 1 saturated heterocycles. The van der Waals surface area contributed by atoms with E-state index in [-0.39, 0.29) is 12.5 Å². The number of carboxylic acid groups (broad SMARTS) is 1. The molecule has 0 spiro atoms. The molecule has 6 heteroatoms. The van der Waals surface area contributed by atoms with Crippen LogP contribution in [0.3, 0.4) is 0 Å². The SMILES string of the molecule is O=C(NCC1(C(=O)O)CCOCC1)c1cccc(-n2cccc2)c1. The van der Waals surface area contributed by atoms with E-state index in [0.717, 1.165) is 5.69 Å². The zero-order valence-electron chi connectivity index (χ0n) is 13.3. The summed E-state index contributed by atoms with van der Waals surface area (Å²) in [6.07, 6.45) is 4.62. The summed E-state index contributed by atoms with van der Waals surface area (Å²) in [5, 5.41) is 12.3. The lowest BCUT2D eigenvalue weighted by Crippen LogP contribution is -2.46. The van der Waals surface area contributed by atoms with Crippen molar-refractivity contribution in [2.75, 3.05) is 19.8 Å². The molecule has 6 nitrogen and oxygen atoms in total. The first kappa shape index (κ1) is 16.3. The van der Waals surface area contributed by atoms with Gasteiger partial charge in [-0.05, 0) is 43.2 Å². The van der Waals surface area contributed by atoms with E-state index >= 15 is 0 Å². The number of benzene rings is 1. The van der Waals surface area contributed by atoms with Crippen LogP contribution >= 0.6 is 0 Å². The molecule has 1 aromatic heterocycles. The number of hydrogen-bond acceptors (Lipinski definition) is 3. The van der Waals surface area contributed by atoms with Crippen LogP contribution in [0.5, 0.6) is 0 Å². The van der Waals surface area contributed by atoms with Crippen molar-refractivity contribution < 1.29 is 19.4 Å². The monoisotopic (exact) mass is 328 g/mol. The molecule has 0 radical (unpaired) electrons. The third-order valence-corrected chi connectivity index (χ3v) is 4.50. The van der Waals surface area contributed by atoms with Crippen LogP contribution in [0.1, 0.15) is 23.2 Å². The van der Waals surface area contributed by atoms with Gasteiger partial charge >= 0.3 is 5.97 Å². The molecule has 1 aliphatic rings. The molecule has 0 unspecified atom stereocenters. The van der Waals surface area contributed by atoms with Crippen molar-refractivity contribution in [3.63, 3.8) is 0 Å². The maximum Gasteiger partial charge on any atom is 0.311 e. The lowest BCUT2D eigenvalue weighted by molar-refractivity contribution is -0.154. The first-order valence-corrected chi connectivity index (χ1v) is 7.93. The maximum absolute atomic E-state index is 12.4. The number of amides is 1. The summed E-state index contributed by atoms with van der Waals surface area (Å²) in [7, 11) is 0. The van der Waals surface area contributed by atoms with Crippen LogP contribution in [0.4, 0.5) is 0 Å². The number of carbonyl (C=O) groups excluding carboxylic acids is 1. The molecule has 2 heterocycles. The molecule has 1 fully saturated rings. The summed E-state index contributed by atoms with van der Waals surface area (Å²) in [4.78, 5) is 24.1. The predicted molar refractivity (Wildman–Crippen MR) is 88.2 cm³/mol. The van der Waals surface area contributed by atoms with E-state index in [9.17, 15) is 14.7 Å². The topological polar surface area (TPSA) is 80.6 Å². The molecule has 24 heavy (non-hydrogen) atoms. The highest BCUT2D eigenvalue weighted by molar-refractivity contribution is 5.95. The highest BCUT2D eigenvalue weighted by atomic mass is 16.5. The highest BCUT2D eigenvalue weighted by Gasteiger charge is 2.40. The number of carboxylic acids is 1. The summed E-state index contributed by atoms with van der Waals surface area (Å²) in [5.74, 6) is -1.15. The smallest absolute Gasteiger partial charge is 0.311 e. The number of ether oxygens (including phenoxy) is 1. The van der Waals surface area contributed by atoms with Crippen LogP contribution in [-0.2, 0) is 9.53 Å². The van der Waals surface area contributed by atoms with Crippen molar-refractivity contribution in [1.82, 2.24) is 9.88 Å². The number of aliphatic carboxylic acids is 1. The van der Waals surface area contributed by atoms with Gasteiger partial charge < -0.3 is 19.7 Å². The molecule has 0 aliphatic carbocycles. The van der Waals surface area contributed by atoms with Gasteiger partial charge in [0.25, 0.3) is 5.91 Å². The van der Waals surface area contributed by atoms with Gasteiger partial charge in [0.1, 0.15) is 0 Å². The summed E-state index contributed by atoms with van der Waals surface area (Å²) in [6.45, 7) is 0.925. The van der Waals surface area contributed by atoms with Crippen molar-refractivity contribution in [3.8, 4) is 5.69 Å². The van der Waals surface area contributed by atoms with Crippen LogP contribution in [0.2, 0.25) is 0 Å². The molecular formula is C18H20N2O4. The van der Waals surface area contributed by atoms with Gasteiger partial charge in [0.15, 0.2) is 0 Å². The third-order valence-electron chi connectivity index (χ3n) is 4.50. The van der Waals surface area contributed by atoms with Gasteiger partial charge in [0.2, 0.25) is 0 Å². The van der Waals surface area contributed by atoms with E-state index in [1.807, 2.05) is 41.2 Å². The van der Waals surface area contributed by atoms with E-state index in [0.29, 0.717) is 31.6 Å². The average Bonchev–Trinajstić information content (AvgIpc) is 3.15. The molecule has 0 bridgehead atoms. The van der Waals surface area contributed by atoms with Gasteiger partial charge in [-0.25, -0.2) is 0 Å². The molecule has 126 valence electrons. The van der Waals surface area contributed by atoms with Gasteiger partial charge in [-0.1, -0.05) is 6.07 Å². The summed E-state index contributed by atoms with van der Waals surface area (Å²) in [6, 6.07) is 11.1. The second-order valence-corrected chi connectivity index (χ2v) is 6.02. The minimum absolute atomic E-state index is 0.109. The first-order chi connectivity index (χ1) is 11.6. The van der Waals surface area contributed by atoms with Crippen LogP contribution in [0, 0.1) is 5.41 Å². The van der Waals surface area contributed by atoms with Gasteiger partial charge in [0.05, 0.1) is 5.41 Å². The number of nitrogens with zero attached hydrogens (tertiary/aromatic N) is 1. The standard InChI is InChI=1S/C18H20N2O4/c21-16(19-13-18(17(22)23)6-10-24-11-7-18)14-4-3-5-15(12-14)20-8-1-2-9-20/h1-5,8-9,12H,6-7,10-11,13H2,(H,19,21)(H,22,23). The first-order valence-electron chi connectivity index (χ1n) is 7.93. The average molecular weight is 328 g/mol. The molecule has 2 aromatic rings. The van der Waals surface area contributed by atoms with Crippen LogP contribution < -0.4 is 5.32 Å². The predicted octanol–water partition coefficient (Wildman–Crippen LogP) is 2.09. The molecule has 1 amide bonds. The summed E-state index contributed by atoms with van der Waals surface area (Å²) >= 11 is 0. The Morgan fingerprint density at radius 3 is 2.54 bits per heavy atom. The van der Waals surface area contributed by atoms with Crippen molar-refractivity contribution in [3.05, 3.63) is 54.4 Å². The summed E-state index contributed by atoms with van der Waals surface area (Å²) < 4.78 is 7.16. The van der Waals surface area contributed by atoms with Crippen molar-refractivity contribution in [2.24, 2.45) is 5.41 Å². The Morgan fingerprint density at radius 1 is 1.17 bits per heavy atom. The normalized spacial score (nSPS) is 16.5. The molecule has 3 rings (SSSR count). The third kappa shape index (κ3) is 3.33. The Hall–Kier alpha value is -2.60. The zero-order valence-corrected chi connectivity index (χ0v) is 13.3. The number of rotatable bonds is 5. The number of carbonyl (C=O) groups is 2. The van der Waals surface area contributed by atoms with E-state index in [2.05, 4.69) is 5.32 Å². The van der Waals surface area contributed by atoms with Crippen molar-refractivity contribution in [1.29, 1.82) is 0 Å². The largest absolute Gasteiger partial charge is 0.481 e. The van der Waals surface area contributed by atoms with E-state index < -0.39 is 11.4 Å². The molecule has 1 aliphatic heterocycles.